The Morgan fingerprint density at radius 3 is 2.43 bits per heavy atom. The summed E-state index contributed by atoms with van der Waals surface area (Å²) in [6.07, 6.45) is 0. The van der Waals surface area contributed by atoms with Crippen molar-refractivity contribution in [2.75, 3.05) is 24.7 Å². The Kier molecular flexibility index (Phi) is 5.22. The van der Waals surface area contributed by atoms with Crippen molar-refractivity contribution in [3.63, 3.8) is 0 Å². The van der Waals surface area contributed by atoms with Gasteiger partial charge in [-0.25, -0.2) is 4.98 Å². The maximum Gasteiger partial charge on any atom is 0.296 e. The van der Waals surface area contributed by atoms with Crippen LogP contribution in [0, 0.1) is 17.0 Å². The van der Waals surface area contributed by atoms with Crippen LogP contribution in [-0.2, 0) is 0 Å². The van der Waals surface area contributed by atoms with Crippen molar-refractivity contribution in [1.29, 1.82) is 0 Å². The van der Waals surface area contributed by atoms with Crippen LogP contribution in [0.4, 0.5) is 28.7 Å². The highest BCUT2D eigenvalue weighted by Crippen LogP contribution is 2.38. The maximum atomic E-state index is 11.0. The summed E-state index contributed by atoms with van der Waals surface area (Å²) in [5.74, 6) is 1.19. The molecule has 0 aliphatic rings. The first-order valence-electron chi connectivity index (χ1n) is 6.70. The average molecular weight is 379 g/mol. The van der Waals surface area contributed by atoms with Crippen molar-refractivity contribution in [1.82, 2.24) is 4.98 Å². The van der Waals surface area contributed by atoms with E-state index in [1.165, 1.54) is 6.07 Å². The summed E-state index contributed by atoms with van der Waals surface area (Å²) in [6, 6.07) is 6.19. The van der Waals surface area contributed by atoms with E-state index in [1.54, 1.807) is 32.3 Å². The minimum absolute atomic E-state index is 0.0984. The van der Waals surface area contributed by atoms with Crippen molar-refractivity contribution in [3.05, 3.63) is 44.4 Å². The summed E-state index contributed by atoms with van der Waals surface area (Å²) >= 11 is 3.46. The summed E-state index contributed by atoms with van der Waals surface area (Å²) in [5, 5.41) is 25.1. The van der Waals surface area contributed by atoms with Gasteiger partial charge in [0, 0.05) is 20.2 Å². The number of nitro benzene ring substituents is 1. The number of pyridine rings is 1. The average Bonchev–Trinajstić information content (AvgIpc) is 2.56. The van der Waals surface area contributed by atoms with E-state index in [1.807, 2.05) is 6.92 Å². The number of aromatic nitrogens is 1. The molecule has 120 valence electrons. The largest absolute Gasteiger partial charge is 0.372 e. The van der Waals surface area contributed by atoms with E-state index in [0.29, 0.717) is 17.3 Å². The van der Waals surface area contributed by atoms with Gasteiger partial charge in [-0.05, 0) is 34.5 Å². The zero-order valence-corrected chi connectivity index (χ0v) is 14.4. The van der Waals surface area contributed by atoms with Crippen LogP contribution in [0.25, 0.3) is 0 Å². The predicted octanol–water partition coefficient (Wildman–Crippen LogP) is 4.56. The molecular weight excluding hydrogens is 364 g/mol. The third-order valence-electron chi connectivity index (χ3n) is 3.15. The standard InChI is InChI=1S/C14H15BrN6O2/c1-8-11(15)13(16-2)18-14(17-3)12(8)20-19-9-6-4-5-7-10(9)21(22)23/h4-7H,1-3H3,(H2,16,17,18). The fourth-order valence-corrected chi connectivity index (χ4v) is 2.42. The van der Waals surface area contributed by atoms with Crippen LogP contribution >= 0.6 is 15.9 Å². The Bertz CT molecular complexity index is 778. The van der Waals surface area contributed by atoms with Crippen molar-refractivity contribution in [2.45, 2.75) is 6.92 Å². The number of halogens is 1. The number of para-hydroxylation sites is 1. The minimum Gasteiger partial charge on any atom is -0.372 e. The van der Waals surface area contributed by atoms with Gasteiger partial charge in [0.2, 0.25) is 0 Å². The van der Waals surface area contributed by atoms with Gasteiger partial charge in [-0.3, -0.25) is 10.1 Å². The second-order valence-electron chi connectivity index (χ2n) is 4.54. The number of rotatable bonds is 5. The lowest BCUT2D eigenvalue weighted by Crippen LogP contribution is -2.01. The smallest absolute Gasteiger partial charge is 0.296 e. The molecule has 0 bridgehead atoms. The van der Waals surface area contributed by atoms with Crippen molar-refractivity contribution < 1.29 is 4.92 Å². The van der Waals surface area contributed by atoms with Crippen LogP contribution in [0.1, 0.15) is 5.56 Å². The van der Waals surface area contributed by atoms with Gasteiger partial charge in [-0.2, -0.15) is 0 Å². The number of azo groups is 1. The highest BCUT2D eigenvalue weighted by Gasteiger charge is 2.16. The molecule has 23 heavy (non-hydrogen) atoms. The Hall–Kier alpha value is -2.55. The number of hydrogen-bond acceptors (Lipinski definition) is 7. The molecule has 0 fully saturated rings. The summed E-state index contributed by atoms with van der Waals surface area (Å²) in [5.41, 5.74) is 1.42. The van der Waals surface area contributed by atoms with E-state index in [4.69, 9.17) is 0 Å². The molecule has 0 aliphatic carbocycles. The van der Waals surface area contributed by atoms with Crippen molar-refractivity contribution in [2.24, 2.45) is 10.2 Å². The molecule has 0 atom stereocenters. The molecule has 1 aromatic carbocycles. The van der Waals surface area contributed by atoms with Crippen molar-refractivity contribution in [3.8, 4) is 0 Å². The van der Waals surface area contributed by atoms with Crippen LogP contribution in [0.3, 0.4) is 0 Å². The fraction of sp³-hybridized carbons (Fsp3) is 0.214. The zero-order valence-electron chi connectivity index (χ0n) is 12.8. The fourth-order valence-electron chi connectivity index (χ4n) is 1.94. The van der Waals surface area contributed by atoms with Crippen LogP contribution in [-0.4, -0.2) is 24.0 Å². The molecule has 1 heterocycles. The van der Waals surface area contributed by atoms with E-state index < -0.39 is 4.92 Å². The van der Waals surface area contributed by atoms with E-state index in [-0.39, 0.29) is 11.4 Å². The van der Waals surface area contributed by atoms with Crippen LogP contribution in [0.15, 0.2) is 39.0 Å². The topological polar surface area (TPSA) is 105 Å². The summed E-state index contributed by atoms with van der Waals surface area (Å²) in [6.45, 7) is 1.86. The maximum absolute atomic E-state index is 11.0. The molecular formula is C14H15BrN6O2. The third-order valence-corrected chi connectivity index (χ3v) is 4.12. The summed E-state index contributed by atoms with van der Waals surface area (Å²) in [7, 11) is 3.49. The van der Waals surface area contributed by atoms with Gasteiger partial charge in [-0.1, -0.05) is 12.1 Å². The van der Waals surface area contributed by atoms with Gasteiger partial charge in [0.25, 0.3) is 5.69 Å². The van der Waals surface area contributed by atoms with E-state index in [9.17, 15) is 10.1 Å². The van der Waals surface area contributed by atoms with E-state index in [0.717, 1.165) is 10.0 Å². The lowest BCUT2D eigenvalue weighted by molar-refractivity contribution is -0.384. The van der Waals surface area contributed by atoms with Gasteiger partial charge < -0.3 is 10.6 Å². The molecule has 0 aliphatic heterocycles. The number of anilines is 2. The number of nitro groups is 1. The molecule has 0 spiro atoms. The first kappa shape index (κ1) is 16.8. The molecule has 0 amide bonds. The van der Waals surface area contributed by atoms with Gasteiger partial charge in [0.1, 0.15) is 11.5 Å². The Labute approximate surface area is 141 Å². The Balaban J connectivity index is 2.52. The zero-order chi connectivity index (χ0) is 17.0. The SMILES string of the molecule is CNc1nc(NC)c(N=Nc2ccccc2[N+](=O)[O-])c(C)c1Br. The lowest BCUT2D eigenvalue weighted by Gasteiger charge is -2.12. The molecule has 9 heteroatoms. The van der Waals surface area contributed by atoms with Gasteiger partial charge >= 0.3 is 0 Å². The number of nitrogens with zero attached hydrogens (tertiary/aromatic N) is 4. The summed E-state index contributed by atoms with van der Waals surface area (Å²) < 4.78 is 0.760. The van der Waals surface area contributed by atoms with Crippen molar-refractivity contribution >= 4 is 44.6 Å². The van der Waals surface area contributed by atoms with Crippen LogP contribution in [0.5, 0.6) is 0 Å². The molecule has 2 aromatic rings. The molecule has 8 nitrogen and oxygen atoms in total. The van der Waals surface area contributed by atoms with Gasteiger partial charge in [-0.15, -0.1) is 10.2 Å². The van der Waals surface area contributed by atoms with Gasteiger partial charge in [0.05, 0.1) is 9.40 Å². The van der Waals surface area contributed by atoms with E-state index >= 15 is 0 Å². The van der Waals surface area contributed by atoms with Crippen LogP contribution < -0.4 is 10.6 Å². The lowest BCUT2D eigenvalue weighted by atomic mass is 10.2. The highest BCUT2D eigenvalue weighted by atomic mass is 79.9. The second kappa shape index (κ2) is 7.14. The second-order valence-corrected chi connectivity index (χ2v) is 5.34. The summed E-state index contributed by atoms with van der Waals surface area (Å²) in [4.78, 5) is 14.9. The number of benzene rings is 1. The molecule has 0 saturated carbocycles. The third kappa shape index (κ3) is 3.45. The molecule has 0 saturated heterocycles. The minimum atomic E-state index is -0.488. The number of nitrogens with one attached hydrogen (secondary N) is 2. The molecule has 0 unspecified atom stereocenters. The molecule has 1 aromatic heterocycles. The quantitative estimate of drug-likeness (QED) is 0.450. The number of hydrogen-bond donors (Lipinski definition) is 2. The Morgan fingerprint density at radius 1 is 1.17 bits per heavy atom. The monoisotopic (exact) mass is 378 g/mol. The first-order chi connectivity index (χ1) is 11.0. The molecule has 2 rings (SSSR count). The first-order valence-corrected chi connectivity index (χ1v) is 7.49. The highest BCUT2D eigenvalue weighted by molar-refractivity contribution is 9.10. The van der Waals surface area contributed by atoms with Crippen LogP contribution in [0.2, 0.25) is 0 Å². The van der Waals surface area contributed by atoms with Gasteiger partial charge in [0.15, 0.2) is 11.5 Å². The normalized spacial score (nSPS) is 10.8. The predicted molar refractivity (Wildman–Crippen MR) is 93.0 cm³/mol. The van der Waals surface area contributed by atoms with E-state index in [2.05, 4.69) is 41.8 Å². The molecule has 2 N–H and O–H groups in total. The Morgan fingerprint density at radius 2 is 1.83 bits per heavy atom. The molecule has 0 radical (unpaired) electrons.